The van der Waals surface area contributed by atoms with E-state index in [1.165, 1.54) is 16.5 Å². The summed E-state index contributed by atoms with van der Waals surface area (Å²) in [5.41, 5.74) is 2.43. The van der Waals surface area contributed by atoms with E-state index in [4.69, 9.17) is 0 Å². The molecule has 5 heteroatoms. The molecule has 1 aromatic heterocycles. The van der Waals surface area contributed by atoms with Gasteiger partial charge in [-0.25, -0.2) is 9.97 Å². The van der Waals surface area contributed by atoms with E-state index in [0.717, 1.165) is 37.0 Å². The van der Waals surface area contributed by atoms with E-state index in [1.807, 2.05) is 13.8 Å². The number of aryl methyl sites for hydroxylation is 2. The van der Waals surface area contributed by atoms with Crippen LogP contribution in [0.5, 0.6) is 0 Å². The summed E-state index contributed by atoms with van der Waals surface area (Å²) in [6.45, 7) is 7.18. The highest BCUT2D eigenvalue weighted by atomic mass is 79.9. The highest BCUT2D eigenvalue weighted by molar-refractivity contribution is 9.10. The maximum Gasteiger partial charge on any atom is 0.132 e. The lowest BCUT2D eigenvalue weighted by atomic mass is 9.86. The smallest absolute Gasteiger partial charge is 0.132 e. The first-order chi connectivity index (χ1) is 11.1. The summed E-state index contributed by atoms with van der Waals surface area (Å²) in [5.74, 6) is 1.95. The Labute approximate surface area is 145 Å². The van der Waals surface area contributed by atoms with Crippen LogP contribution < -0.4 is 4.90 Å². The fourth-order valence-electron chi connectivity index (χ4n) is 3.82. The molecule has 2 bridgehead atoms. The van der Waals surface area contributed by atoms with Crippen molar-refractivity contribution in [2.24, 2.45) is 0 Å². The molecule has 4 nitrogen and oxygen atoms in total. The van der Waals surface area contributed by atoms with Crippen LogP contribution in [-0.2, 0) is 6.54 Å². The van der Waals surface area contributed by atoms with Gasteiger partial charge in [0.25, 0.3) is 0 Å². The summed E-state index contributed by atoms with van der Waals surface area (Å²) >= 11 is 3.67. The molecule has 3 aliphatic rings. The number of halogens is 1. The predicted molar refractivity (Wildman–Crippen MR) is 95.6 cm³/mol. The van der Waals surface area contributed by atoms with E-state index in [0.29, 0.717) is 12.1 Å². The molecule has 0 amide bonds. The Morgan fingerprint density at radius 3 is 2.57 bits per heavy atom. The molecule has 3 aliphatic heterocycles. The van der Waals surface area contributed by atoms with E-state index < -0.39 is 0 Å². The van der Waals surface area contributed by atoms with Crippen LogP contribution in [0.25, 0.3) is 0 Å². The second kappa shape index (κ2) is 5.87. The molecule has 1 aromatic carbocycles. The zero-order chi connectivity index (χ0) is 16.0. The van der Waals surface area contributed by atoms with Gasteiger partial charge in [-0.3, -0.25) is 4.90 Å². The second-order valence-corrected chi connectivity index (χ2v) is 7.48. The molecule has 2 aromatic rings. The highest BCUT2D eigenvalue weighted by Crippen LogP contribution is 2.36. The largest absolute Gasteiger partial charge is 0.353 e. The van der Waals surface area contributed by atoms with Crippen LogP contribution in [0.1, 0.15) is 23.5 Å². The number of rotatable bonds is 3. The van der Waals surface area contributed by atoms with Gasteiger partial charge in [-0.1, -0.05) is 34.1 Å². The van der Waals surface area contributed by atoms with Gasteiger partial charge < -0.3 is 4.90 Å². The minimum Gasteiger partial charge on any atom is -0.353 e. The Bertz CT molecular complexity index is 700. The van der Waals surface area contributed by atoms with Gasteiger partial charge in [0.15, 0.2) is 0 Å². The molecule has 3 fully saturated rings. The zero-order valence-corrected chi connectivity index (χ0v) is 15.1. The Kier molecular flexibility index (Phi) is 3.85. The van der Waals surface area contributed by atoms with Crippen LogP contribution in [0, 0.1) is 13.8 Å². The van der Waals surface area contributed by atoms with Crippen LogP contribution in [0.2, 0.25) is 0 Å². The minimum atomic E-state index is 0.636. The Morgan fingerprint density at radius 1 is 1.13 bits per heavy atom. The average molecular weight is 373 g/mol. The van der Waals surface area contributed by atoms with Gasteiger partial charge in [-0.05, 0) is 31.9 Å². The molecule has 2 unspecified atom stereocenters. The fourth-order valence-corrected chi connectivity index (χ4v) is 4.23. The SMILES string of the molecule is Cc1cc(N2CC3CC(C2)N3Cc2ccccc2Br)nc(C)n1. The van der Waals surface area contributed by atoms with Crippen molar-refractivity contribution in [2.45, 2.75) is 38.9 Å². The number of nitrogens with zero attached hydrogens (tertiary/aromatic N) is 4. The molecule has 0 N–H and O–H groups in total. The number of anilines is 1. The van der Waals surface area contributed by atoms with Crippen LogP contribution in [0.3, 0.4) is 0 Å². The number of hydrogen-bond acceptors (Lipinski definition) is 4. The summed E-state index contributed by atoms with van der Waals surface area (Å²) in [7, 11) is 0. The maximum absolute atomic E-state index is 4.62. The standard InChI is InChI=1S/C18H21BrN4/c1-12-7-18(21-13(2)20-12)22-10-15-8-16(11-22)23(15)9-14-5-3-4-6-17(14)19/h3-7,15-16H,8-11H2,1-2H3. The normalized spacial score (nSPS) is 23.7. The van der Waals surface area contributed by atoms with Crippen molar-refractivity contribution < 1.29 is 0 Å². The van der Waals surface area contributed by atoms with Gasteiger partial charge in [-0.15, -0.1) is 0 Å². The Balaban J connectivity index is 1.47. The fraction of sp³-hybridized carbons (Fsp3) is 0.444. The molecule has 0 aliphatic carbocycles. The van der Waals surface area contributed by atoms with Crippen molar-refractivity contribution in [2.75, 3.05) is 18.0 Å². The first kappa shape index (κ1) is 15.1. The van der Waals surface area contributed by atoms with Crippen LogP contribution in [-0.4, -0.2) is 40.0 Å². The van der Waals surface area contributed by atoms with Crippen molar-refractivity contribution in [3.63, 3.8) is 0 Å². The first-order valence-electron chi connectivity index (χ1n) is 8.16. The van der Waals surface area contributed by atoms with E-state index >= 15 is 0 Å². The lowest BCUT2D eigenvalue weighted by molar-refractivity contribution is -0.00886. The summed E-state index contributed by atoms with van der Waals surface area (Å²) in [6, 6.07) is 11.9. The van der Waals surface area contributed by atoms with Gasteiger partial charge in [0.2, 0.25) is 0 Å². The van der Waals surface area contributed by atoms with E-state index in [1.54, 1.807) is 0 Å². The number of hydrogen-bond donors (Lipinski definition) is 0. The van der Waals surface area contributed by atoms with Crippen LogP contribution >= 0.6 is 15.9 Å². The Morgan fingerprint density at radius 2 is 1.87 bits per heavy atom. The molecule has 4 heterocycles. The van der Waals surface area contributed by atoms with Gasteiger partial charge >= 0.3 is 0 Å². The van der Waals surface area contributed by atoms with E-state index in [9.17, 15) is 0 Å². The van der Waals surface area contributed by atoms with Gasteiger partial charge in [0, 0.05) is 48.0 Å². The molecule has 0 spiro atoms. The average Bonchev–Trinajstić information content (AvgIpc) is 2.53. The number of piperazine rings is 1. The molecular weight excluding hydrogens is 352 g/mol. The highest BCUT2D eigenvalue weighted by Gasteiger charge is 2.44. The number of fused-ring (bicyclic) bond motifs is 2. The second-order valence-electron chi connectivity index (χ2n) is 6.63. The maximum atomic E-state index is 4.62. The number of benzene rings is 1. The Hall–Kier alpha value is -1.46. The summed E-state index contributed by atoms with van der Waals surface area (Å²) in [5, 5.41) is 0. The molecule has 5 rings (SSSR count). The lowest BCUT2D eigenvalue weighted by Crippen LogP contribution is -2.68. The quantitative estimate of drug-likeness (QED) is 0.826. The summed E-state index contributed by atoms with van der Waals surface area (Å²) < 4.78 is 1.21. The van der Waals surface area contributed by atoms with Crippen molar-refractivity contribution in [1.82, 2.24) is 14.9 Å². The van der Waals surface area contributed by atoms with Gasteiger partial charge in [-0.2, -0.15) is 0 Å². The third-order valence-corrected chi connectivity index (χ3v) is 5.71. The molecule has 0 saturated carbocycles. The molecule has 2 atom stereocenters. The van der Waals surface area contributed by atoms with E-state index in [-0.39, 0.29) is 0 Å². The summed E-state index contributed by atoms with van der Waals surface area (Å²) in [4.78, 5) is 14.1. The van der Waals surface area contributed by atoms with Crippen molar-refractivity contribution >= 4 is 21.7 Å². The molecule has 3 saturated heterocycles. The van der Waals surface area contributed by atoms with Crippen LogP contribution in [0.4, 0.5) is 5.82 Å². The number of piperidine rings is 1. The topological polar surface area (TPSA) is 32.3 Å². The van der Waals surface area contributed by atoms with Crippen molar-refractivity contribution in [3.8, 4) is 0 Å². The van der Waals surface area contributed by atoms with Gasteiger partial charge in [0.1, 0.15) is 11.6 Å². The lowest BCUT2D eigenvalue weighted by Gasteiger charge is -2.56. The van der Waals surface area contributed by atoms with Crippen molar-refractivity contribution in [1.29, 1.82) is 0 Å². The number of aromatic nitrogens is 2. The first-order valence-corrected chi connectivity index (χ1v) is 8.96. The van der Waals surface area contributed by atoms with E-state index in [2.05, 4.69) is 66.0 Å². The predicted octanol–water partition coefficient (Wildman–Crippen LogP) is 3.32. The zero-order valence-electron chi connectivity index (χ0n) is 13.5. The van der Waals surface area contributed by atoms with Gasteiger partial charge in [0.05, 0.1) is 0 Å². The third-order valence-electron chi connectivity index (χ3n) is 4.93. The van der Waals surface area contributed by atoms with Crippen molar-refractivity contribution in [3.05, 3.63) is 51.9 Å². The monoisotopic (exact) mass is 372 g/mol. The minimum absolute atomic E-state index is 0.636. The molecule has 120 valence electrons. The van der Waals surface area contributed by atoms with Crippen LogP contribution in [0.15, 0.2) is 34.8 Å². The molecule has 23 heavy (non-hydrogen) atoms. The summed E-state index contributed by atoms with van der Waals surface area (Å²) in [6.07, 6.45) is 1.31. The third kappa shape index (κ3) is 2.88. The molecular formula is C18H21BrN4. The molecule has 0 radical (unpaired) electrons.